The Labute approximate surface area is 98.5 Å². The van der Waals surface area contributed by atoms with E-state index in [0.29, 0.717) is 17.4 Å². The normalized spacial score (nSPS) is 21.2. The fourth-order valence-electron chi connectivity index (χ4n) is 2.01. The van der Waals surface area contributed by atoms with Crippen LogP contribution >= 0.6 is 11.8 Å². The van der Waals surface area contributed by atoms with Crippen molar-refractivity contribution >= 4 is 17.6 Å². The summed E-state index contributed by atoms with van der Waals surface area (Å²) in [6.45, 7) is 1.78. The Bertz CT molecular complexity index is 389. The SMILES string of the molecule is Fc1c(C2CC2)ncnc1N1CCSCC1. The molecular weight excluding hydrogens is 225 g/mol. The van der Waals surface area contributed by atoms with Crippen LogP contribution in [0.25, 0.3) is 0 Å². The van der Waals surface area contributed by atoms with E-state index < -0.39 is 0 Å². The molecule has 1 aliphatic heterocycles. The molecule has 0 amide bonds. The molecule has 3 nitrogen and oxygen atoms in total. The third-order valence-corrected chi connectivity index (χ3v) is 4.02. The molecule has 0 N–H and O–H groups in total. The molecule has 1 saturated heterocycles. The second-order valence-electron chi connectivity index (χ2n) is 4.27. The zero-order chi connectivity index (χ0) is 11.0. The van der Waals surface area contributed by atoms with Crippen LogP contribution in [0.5, 0.6) is 0 Å². The smallest absolute Gasteiger partial charge is 0.187 e. The fourth-order valence-corrected chi connectivity index (χ4v) is 2.91. The Morgan fingerprint density at radius 1 is 1.25 bits per heavy atom. The standard InChI is InChI=1S/C11H14FN3S/c12-9-10(8-1-2-8)13-7-14-11(9)15-3-5-16-6-4-15/h7-8H,1-6H2. The third-order valence-electron chi connectivity index (χ3n) is 3.07. The minimum atomic E-state index is -0.183. The molecule has 2 fully saturated rings. The van der Waals surface area contributed by atoms with Crippen LogP contribution in [0.3, 0.4) is 0 Å². The summed E-state index contributed by atoms with van der Waals surface area (Å²) in [5.74, 6) is 2.79. The van der Waals surface area contributed by atoms with Crippen LogP contribution in [0.15, 0.2) is 6.33 Å². The molecule has 16 heavy (non-hydrogen) atoms. The van der Waals surface area contributed by atoms with Crippen molar-refractivity contribution < 1.29 is 4.39 Å². The molecular formula is C11H14FN3S. The fraction of sp³-hybridized carbons (Fsp3) is 0.636. The van der Waals surface area contributed by atoms with Gasteiger partial charge in [0.2, 0.25) is 0 Å². The lowest BCUT2D eigenvalue weighted by molar-refractivity contribution is 0.583. The van der Waals surface area contributed by atoms with Crippen LogP contribution in [-0.4, -0.2) is 34.6 Å². The van der Waals surface area contributed by atoms with Gasteiger partial charge in [-0.3, -0.25) is 0 Å². The molecule has 0 spiro atoms. The lowest BCUT2D eigenvalue weighted by Crippen LogP contribution is -2.34. The highest BCUT2D eigenvalue weighted by Gasteiger charge is 2.30. The van der Waals surface area contributed by atoms with Gasteiger partial charge in [0.05, 0.1) is 5.69 Å². The maximum Gasteiger partial charge on any atom is 0.187 e. The predicted molar refractivity (Wildman–Crippen MR) is 63.5 cm³/mol. The van der Waals surface area contributed by atoms with E-state index in [2.05, 4.69) is 9.97 Å². The molecule has 0 aromatic carbocycles. The molecule has 0 radical (unpaired) electrons. The van der Waals surface area contributed by atoms with Gasteiger partial charge in [-0.25, -0.2) is 14.4 Å². The molecule has 2 heterocycles. The summed E-state index contributed by atoms with van der Waals surface area (Å²) in [7, 11) is 0. The Hall–Kier alpha value is -0.840. The third kappa shape index (κ3) is 1.88. The number of hydrogen-bond acceptors (Lipinski definition) is 4. The van der Waals surface area contributed by atoms with E-state index in [-0.39, 0.29) is 5.82 Å². The van der Waals surface area contributed by atoms with Gasteiger partial charge in [-0.05, 0) is 12.8 Å². The van der Waals surface area contributed by atoms with Crippen molar-refractivity contribution in [2.45, 2.75) is 18.8 Å². The van der Waals surface area contributed by atoms with Gasteiger partial charge in [-0.15, -0.1) is 0 Å². The van der Waals surface area contributed by atoms with Crippen molar-refractivity contribution in [1.29, 1.82) is 0 Å². The van der Waals surface area contributed by atoms with E-state index in [0.717, 1.165) is 37.4 Å². The first-order valence-electron chi connectivity index (χ1n) is 5.69. The molecule has 3 rings (SSSR count). The number of halogens is 1. The van der Waals surface area contributed by atoms with Crippen LogP contribution < -0.4 is 4.90 Å². The van der Waals surface area contributed by atoms with Crippen molar-refractivity contribution in [3.63, 3.8) is 0 Å². The average molecular weight is 239 g/mol. The first kappa shape index (κ1) is 10.3. The first-order chi connectivity index (χ1) is 7.86. The van der Waals surface area contributed by atoms with Gasteiger partial charge < -0.3 is 4.90 Å². The van der Waals surface area contributed by atoms with Gasteiger partial charge >= 0.3 is 0 Å². The summed E-state index contributed by atoms with van der Waals surface area (Å²) in [6.07, 6.45) is 3.65. The zero-order valence-electron chi connectivity index (χ0n) is 9.03. The van der Waals surface area contributed by atoms with E-state index in [1.807, 2.05) is 16.7 Å². The van der Waals surface area contributed by atoms with Crippen LogP contribution in [0.2, 0.25) is 0 Å². The lowest BCUT2D eigenvalue weighted by atomic mass is 10.2. The maximum atomic E-state index is 14.2. The molecule has 1 aromatic heterocycles. The predicted octanol–water partition coefficient (Wildman–Crippen LogP) is 2.05. The Morgan fingerprint density at radius 3 is 2.69 bits per heavy atom. The summed E-state index contributed by atoms with van der Waals surface area (Å²) < 4.78 is 14.2. The second kappa shape index (κ2) is 4.20. The summed E-state index contributed by atoms with van der Waals surface area (Å²) in [4.78, 5) is 10.2. The van der Waals surface area contributed by atoms with Crippen molar-refractivity contribution in [3.05, 3.63) is 17.8 Å². The lowest BCUT2D eigenvalue weighted by Gasteiger charge is -2.27. The Balaban J connectivity index is 1.90. The van der Waals surface area contributed by atoms with E-state index in [9.17, 15) is 4.39 Å². The molecule has 0 bridgehead atoms. The molecule has 86 valence electrons. The summed E-state index contributed by atoms with van der Waals surface area (Å²) >= 11 is 1.91. The molecule has 1 aromatic rings. The molecule has 5 heteroatoms. The molecule has 0 atom stereocenters. The van der Waals surface area contributed by atoms with Gasteiger partial charge in [-0.1, -0.05) is 0 Å². The summed E-state index contributed by atoms with van der Waals surface area (Å²) in [5.41, 5.74) is 0.628. The highest BCUT2D eigenvalue weighted by Crippen LogP contribution is 2.41. The van der Waals surface area contributed by atoms with E-state index in [4.69, 9.17) is 0 Å². The van der Waals surface area contributed by atoms with E-state index >= 15 is 0 Å². The van der Waals surface area contributed by atoms with Crippen LogP contribution in [0, 0.1) is 5.82 Å². The number of anilines is 1. The minimum absolute atomic E-state index is 0.183. The van der Waals surface area contributed by atoms with Crippen LogP contribution in [0.4, 0.5) is 10.2 Å². The zero-order valence-corrected chi connectivity index (χ0v) is 9.84. The van der Waals surface area contributed by atoms with Crippen molar-refractivity contribution in [3.8, 4) is 0 Å². The molecule has 1 saturated carbocycles. The van der Waals surface area contributed by atoms with E-state index in [1.54, 1.807) is 0 Å². The van der Waals surface area contributed by atoms with Crippen molar-refractivity contribution in [2.75, 3.05) is 29.5 Å². The number of rotatable bonds is 2. The number of thioether (sulfide) groups is 1. The monoisotopic (exact) mass is 239 g/mol. The minimum Gasteiger partial charge on any atom is -0.352 e. The van der Waals surface area contributed by atoms with E-state index in [1.165, 1.54) is 6.33 Å². The highest BCUT2D eigenvalue weighted by molar-refractivity contribution is 7.99. The number of hydrogen-bond donors (Lipinski definition) is 0. The Kier molecular flexibility index (Phi) is 2.71. The maximum absolute atomic E-state index is 14.2. The topological polar surface area (TPSA) is 29.0 Å². The molecule has 1 aliphatic carbocycles. The number of nitrogens with zero attached hydrogens (tertiary/aromatic N) is 3. The van der Waals surface area contributed by atoms with Gasteiger partial charge in [0.25, 0.3) is 0 Å². The summed E-state index contributed by atoms with van der Waals surface area (Å²) in [6, 6.07) is 0. The van der Waals surface area contributed by atoms with Crippen LogP contribution in [-0.2, 0) is 0 Å². The van der Waals surface area contributed by atoms with Crippen LogP contribution in [0.1, 0.15) is 24.5 Å². The van der Waals surface area contributed by atoms with Gasteiger partial charge in [-0.2, -0.15) is 11.8 Å². The largest absolute Gasteiger partial charge is 0.352 e. The Morgan fingerprint density at radius 2 is 2.00 bits per heavy atom. The average Bonchev–Trinajstić information content (AvgIpc) is 3.15. The van der Waals surface area contributed by atoms with Crippen molar-refractivity contribution in [1.82, 2.24) is 9.97 Å². The molecule has 2 aliphatic rings. The van der Waals surface area contributed by atoms with Crippen molar-refractivity contribution in [2.24, 2.45) is 0 Å². The van der Waals surface area contributed by atoms with Gasteiger partial charge in [0.1, 0.15) is 6.33 Å². The quantitative estimate of drug-likeness (QED) is 0.790. The van der Waals surface area contributed by atoms with Gasteiger partial charge in [0, 0.05) is 30.5 Å². The number of aromatic nitrogens is 2. The highest BCUT2D eigenvalue weighted by atomic mass is 32.2. The molecule has 0 unspecified atom stereocenters. The summed E-state index contributed by atoms with van der Waals surface area (Å²) in [5, 5.41) is 0. The second-order valence-corrected chi connectivity index (χ2v) is 5.49. The van der Waals surface area contributed by atoms with Gasteiger partial charge in [0.15, 0.2) is 11.6 Å². The first-order valence-corrected chi connectivity index (χ1v) is 6.85.